The summed E-state index contributed by atoms with van der Waals surface area (Å²) in [6.07, 6.45) is 0.871. The van der Waals surface area contributed by atoms with Crippen LogP contribution in [0, 0.1) is 20.2 Å². The molecule has 0 bridgehead atoms. The van der Waals surface area contributed by atoms with Gasteiger partial charge in [-0.2, -0.15) is 0 Å². The second-order valence-electron chi connectivity index (χ2n) is 4.43. The number of hydrogen-bond donors (Lipinski definition) is 1. The Hall–Kier alpha value is -2.22. The number of aliphatic hydroxyl groups is 1. The molecule has 8 nitrogen and oxygen atoms in total. The van der Waals surface area contributed by atoms with Crippen molar-refractivity contribution < 1.29 is 15.0 Å². The van der Waals surface area contributed by atoms with E-state index in [-0.39, 0.29) is 11.4 Å². The second-order valence-corrected chi connectivity index (χ2v) is 4.43. The summed E-state index contributed by atoms with van der Waals surface area (Å²) in [7, 11) is 0. The van der Waals surface area contributed by atoms with Gasteiger partial charge < -0.3 is 10.0 Å². The average molecular weight is 267 g/mol. The van der Waals surface area contributed by atoms with Gasteiger partial charge in [0.1, 0.15) is 5.69 Å². The normalized spacial score (nSPS) is 19.2. The summed E-state index contributed by atoms with van der Waals surface area (Å²) >= 11 is 0. The van der Waals surface area contributed by atoms with Crippen molar-refractivity contribution in [2.75, 3.05) is 18.0 Å². The van der Waals surface area contributed by atoms with Crippen LogP contribution >= 0.6 is 0 Å². The molecule has 1 aromatic carbocycles. The van der Waals surface area contributed by atoms with Gasteiger partial charge in [0.05, 0.1) is 22.0 Å². The fourth-order valence-corrected chi connectivity index (χ4v) is 2.21. The van der Waals surface area contributed by atoms with Gasteiger partial charge in [-0.25, -0.2) is 0 Å². The Kier molecular flexibility index (Phi) is 3.61. The Morgan fingerprint density at radius 2 is 2.00 bits per heavy atom. The third kappa shape index (κ3) is 2.79. The predicted molar refractivity (Wildman–Crippen MR) is 67.2 cm³/mol. The minimum atomic E-state index is -0.665. The van der Waals surface area contributed by atoms with Crippen molar-refractivity contribution in [2.45, 2.75) is 18.9 Å². The lowest BCUT2D eigenvalue weighted by Gasteiger charge is -2.31. The zero-order valence-electron chi connectivity index (χ0n) is 10.1. The van der Waals surface area contributed by atoms with Gasteiger partial charge in [-0.1, -0.05) is 0 Å². The summed E-state index contributed by atoms with van der Waals surface area (Å²) in [5.41, 5.74) is -0.300. The topological polar surface area (TPSA) is 110 Å². The van der Waals surface area contributed by atoms with Crippen LogP contribution in [0.4, 0.5) is 17.1 Å². The van der Waals surface area contributed by atoms with Crippen molar-refractivity contribution in [2.24, 2.45) is 0 Å². The van der Waals surface area contributed by atoms with Gasteiger partial charge in [-0.15, -0.1) is 0 Å². The summed E-state index contributed by atoms with van der Waals surface area (Å²) in [6.45, 7) is 0.897. The van der Waals surface area contributed by atoms with Crippen LogP contribution in [0.25, 0.3) is 0 Å². The maximum absolute atomic E-state index is 11.0. The third-order valence-electron chi connectivity index (χ3n) is 3.10. The molecule has 1 aromatic rings. The van der Waals surface area contributed by atoms with Gasteiger partial charge in [0, 0.05) is 19.2 Å². The number of benzene rings is 1. The first-order valence-corrected chi connectivity index (χ1v) is 5.85. The van der Waals surface area contributed by atoms with Crippen molar-refractivity contribution in [3.05, 3.63) is 38.4 Å². The number of β-amino-alcohol motifs (C(OH)–C–C–N with tert-alkyl or cyclic N) is 1. The number of rotatable bonds is 3. The van der Waals surface area contributed by atoms with E-state index in [4.69, 9.17) is 0 Å². The Bertz CT molecular complexity index is 519. The van der Waals surface area contributed by atoms with Gasteiger partial charge in [-0.05, 0) is 18.9 Å². The molecule has 0 saturated carbocycles. The fourth-order valence-electron chi connectivity index (χ4n) is 2.21. The average Bonchev–Trinajstić information content (AvgIpc) is 2.37. The molecule has 1 N–H and O–H groups in total. The first kappa shape index (κ1) is 13.2. The van der Waals surface area contributed by atoms with Crippen LogP contribution in [0.15, 0.2) is 18.2 Å². The molecular formula is C11H13N3O5. The SMILES string of the molecule is O=[N+]([O-])c1ccc(N2CCC[C@@H](O)C2)c([N+](=O)[O-])c1. The van der Waals surface area contributed by atoms with Crippen LogP contribution in [-0.2, 0) is 0 Å². The zero-order valence-corrected chi connectivity index (χ0v) is 10.1. The predicted octanol–water partition coefficient (Wildman–Crippen LogP) is 1.46. The van der Waals surface area contributed by atoms with Gasteiger partial charge >= 0.3 is 0 Å². The Balaban J connectivity index is 2.38. The largest absolute Gasteiger partial charge is 0.391 e. The first-order chi connectivity index (χ1) is 8.99. The molecule has 0 unspecified atom stereocenters. The van der Waals surface area contributed by atoms with E-state index in [1.54, 1.807) is 4.90 Å². The number of nitro benzene ring substituents is 2. The standard InChI is InChI=1S/C11H13N3O5/c15-9-2-1-5-12(7-9)10-4-3-8(13(16)17)6-11(10)14(18)19/h3-4,6,9,15H,1-2,5,7H2/t9-/m1/s1. The van der Waals surface area contributed by atoms with Crippen molar-refractivity contribution in [3.63, 3.8) is 0 Å². The lowest BCUT2D eigenvalue weighted by atomic mass is 10.1. The highest BCUT2D eigenvalue weighted by atomic mass is 16.6. The molecule has 1 heterocycles. The molecule has 1 aliphatic heterocycles. The molecule has 8 heteroatoms. The highest BCUT2D eigenvalue weighted by molar-refractivity contribution is 5.67. The van der Waals surface area contributed by atoms with Crippen molar-refractivity contribution in [1.29, 1.82) is 0 Å². The minimum absolute atomic E-state index is 0.302. The number of nitrogens with zero attached hydrogens (tertiary/aromatic N) is 3. The van der Waals surface area contributed by atoms with Gasteiger partial charge in [0.15, 0.2) is 0 Å². The smallest absolute Gasteiger partial charge is 0.299 e. The van der Waals surface area contributed by atoms with Crippen molar-refractivity contribution >= 4 is 17.1 Å². The molecular weight excluding hydrogens is 254 g/mol. The van der Waals surface area contributed by atoms with E-state index >= 15 is 0 Å². The van der Waals surface area contributed by atoms with E-state index in [1.165, 1.54) is 12.1 Å². The highest BCUT2D eigenvalue weighted by Gasteiger charge is 2.26. The number of aliphatic hydroxyl groups excluding tert-OH is 1. The summed E-state index contributed by atoms with van der Waals surface area (Å²) in [5, 5.41) is 31.3. The van der Waals surface area contributed by atoms with Crippen LogP contribution in [0.3, 0.4) is 0 Å². The van der Waals surface area contributed by atoms with Crippen LogP contribution in [0.2, 0.25) is 0 Å². The van der Waals surface area contributed by atoms with Crippen molar-refractivity contribution in [3.8, 4) is 0 Å². The molecule has 1 fully saturated rings. The fraction of sp³-hybridized carbons (Fsp3) is 0.455. The van der Waals surface area contributed by atoms with E-state index in [9.17, 15) is 25.3 Å². The molecule has 0 aromatic heterocycles. The first-order valence-electron chi connectivity index (χ1n) is 5.85. The Morgan fingerprint density at radius 1 is 1.26 bits per heavy atom. The number of nitro groups is 2. The van der Waals surface area contributed by atoms with E-state index in [2.05, 4.69) is 0 Å². The lowest BCUT2D eigenvalue weighted by molar-refractivity contribution is -0.393. The number of non-ortho nitro benzene ring substituents is 1. The van der Waals surface area contributed by atoms with E-state index in [0.717, 1.165) is 12.5 Å². The van der Waals surface area contributed by atoms with E-state index in [1.807, 2.05) is 0 Å². The molecule has 0 aliphatic carbocycles. The summed E-state index contributed by atoms with van der Waals surface area (Å²) < 4.78 is 0. The molecule has 2 rings (SSSR count). The number of anilines is 1. The van der Waals surface area contributed by atoms with E-state index < -0.39 is 16.0 Å². The third-order valence-corrected chi connectivity index (χ3v) is 3.10. The van der Waals surface area contributed by atoms with Crippen LogP contribution in [0.1, 0.15) is 12.8 Å². The monoisotopic (exact) mass is 267 g/mol. The van der Waals surface area contributed by atoms with Gasteiger partial charge in [-0.3, -0.25) is 20.2 Å². The highest BCUT2D eigenvalue weighted by Crippen LogP contribution is 2.33. The maximum atomic E-state index is 11.0. The minimum Gasteiger partial charge on any atom is -0.391 e. The number of piperidine rings is 1. The molecule has 102 valence electrons. The van der Waals surface area contributed by atoms with Gasteiger partial charge in [0.2, 0.25) is 0 Å². The summed E-state index contributed by atoms with van der Waals surface area (Å²) in [6, 6.07) is 3.56. The summed E-state index contributed by atoms with van der Waals surface area (Å²) in [4.78, 5) is 22.0. The molecule has 0 spiro atoms. The van der Waals surface area contributed by atoms with Crippen LogP contribution in [-0.4, -0.2) is 34.1 Å². The zero-order chi connectivity index (χ0) is 14.0. The molecule has 1 aliphatic rings. The van der Waals surface area contributed by atoms with Crippen LogP contribution < -0.4 is 4.90 Å². The molecule has 19 heavy (non-hydrogen) atoms. The molecule has 1 atom stereocenters. The lowest BCUT2D eigenvalue weighted by Crippen LogP contribution is -2.38. The maximum Gasteiger partial charge on any atom is 0.299 e. The number of hydrogen-bond acceptors (Lipinski definition) is 6. The van der Waals surface area contributed by atoms with Crippen LogP contribution in [0.5, 0.6) is 0 Å². The van der Waals surface area contributed by atoms with E-state index in [0.29, 0.717) is 25.2 Å². The van der Waals surface area contributed by atoms with Gasteiger partial charge in [0.25, 0.3) is 11.4 Å². The molecule has 1 saturated heterocycles. The molecule has 0 amide bonds. The summed E-state index contributed by atoms with van der Waals surface area (Å²) in [5.74, 6) is 0. The van der Waals surface area contributed by atoms with Crippen molar-refractivity contribution in [1.82, 2.24) is 0 Å². The Labute approximate surface area is 108 Å². The second kappa shape index (κ2) is 5.19. The quantitative estimate of drug-likeness (QED) is 0.655. The molecule has 0 radical (unpaired) electrons. The Morgan fingerprint density at radius 3 is 2.58 bits per heavy atom.